The Kier molecular flexibility index (Phi) is 5.74. The first-order valence-electron chi connectivity index (χ1n) is 9.04. The molecule has 0 atom stereocenters. The van der Waals surface area contributed by atoms with Gasteiger partial charge in [0.05, 0.1) is 15.8 Å². The standard InChI is InChI=1S/C22H16ClN3O3S/c1-13-2-7-17-18(10-13)30-21(26-17)14-3-5-16(6-4-14)25-20(27)12-29-22(28)15-8-9-24-19(23)11-15/h2-11H,12H2,1H3,(H,25,27). The summed E-state index contributed by atoms with van der Waals surface area (Å²) in [4.78, 5) is 32.5. The van der Waals surface area contributed by atoms with Gasteiger partial charge in [-0.1, -0.05) is 17.7 Å². The number of halogens is 1. The number of hydrogen-bond acceptors (Lipinski definition) is 6. The predicted octanol–water partition coefficient (Wildman–Crippen LogP) is 5.12. The van der Waals surface area contributed by atoms with Crippen LogP contribution in [0.2, 0.25) is 5.15 Å². The van der Waals surface area contributed by atoms with Gasteiger partial charge in [0, 0.05) is 17.4 Å². The van der Waals surface area contributed by atoms with Crippen molar-refractivity contribution in [3.8, 4) is 10.6 Å². The SMILES string of the molecule is Cc1ccc2nc(-c3ccc(NC(=O)COC(=O)c4ccnc(Cl)c4)cc3)sc2c1. The molecule has 0 saturated carbocycles. The van der Waals surface area contributed by atoms with Gasteiger partial charge in [-0.2, -0.15) is 0 Å². The first kappa shape index (κ1) is 20.0. The van der Waals surface area contributed by atoms with Crippen LogP contribution in [-0.4, -0.2) is 28.5 Å². The summed E-state index contributed by atoms with van der Waals surface area (Å²) >= 11 is 7.37. The zero-order chi connectivity index (χ0) is 21.1. The van der Waals surface area contributed by atoms with Crippen LogP contribution < -0.4 is 5.32 Å². The summed E-state index contributed by atoms with van der Waals surface area (Å²) < 4.78 is 6.15. The van der Waals surface area contributed by atoms with E-state index >= 15 is 0 Å². The molecule has 0 aliphatic heterocycles. The monoisotopic (exact) mass is 437 g/mol. The predicted molar refractivity (Wildman–Crippen MR) is 118 cm³/mol. The largest absolute Gasteiger partial charge is 0.452 e. The Morgan fingerprint density at radius 2 is 1.90 bits per heavy atom. The van der Waals surface area contributed by atoms with Gasteiger partial charge in [0.1, 0.15) is 10.2 Å². The van der Waals surface area contributed by atoms with Gasteiger partial charge in [-0.15, -0.1) is 11.3 Å². The molecule has 0 bridgehead atoms. The molecule has 2 heterocycles. The highest BCUT2D eigenvalue weighted by molar-refractivity contribution is 7.21. The van der Waals surface area contributed by atoms with Gasteiger partial charge in [-0.25, -0.2) is 14.8 Å². The molecular weight excluding hydrogens is 422 g/mol. The number of fused-ring (bicyclic) bond motifs is 1. The minimum absolute atomic E-state index is 0.178. The summed E-state index contributed by atoms with van der Waals surface area (Å²) in [6.45, 7) is 1.65. The highest BCUT2D eigenvalue weighted by Crippen LogP contribution is 2.31. The number of rotatable bonds is 5. The lowest BCUT2D eigenvalue weighted by atomic mass is 10.2. The molecule has 1 N–H and O–H groups in total. The molecule has 4 aromatic rings. The lowest BCUT2D eigenvalue weighted by molar-refractivity contribution is -0.119. The normalized spacial score (nSPS) is 10.7. The number of esters is 1. The molecule has 0 aliphatic rings. The average molecular weight is 438 g/mol. The quantitative estimate of drug-likeness (QED) is 0.346. The van der Waals surface area contributed by atoms with E-state index in [2.05, 4.69) is 28.3 Å². The van der Waals surface area contributed by atoms with Crippen molar-refractivity contribution in [1.29, 1.82) is 0 Å². The van der Waals surface area contributed by atoms with E-state index in [-0.39, 0.29) is 10.7 Å². The van der Waals surface area contributed by atoms with E-state index in [0.717, 1.165) is 20.8 Å². The number of anilines is 1. The van der Waals surface area contributed by atoms with Crippen molar-refractivity contribution < 1.29 is 14.3 Å². The number of thiazole rings is 1. The van der Waals surface area contributed by atoms with Crippen molar-refractivity contribution >= 4 is 50.7 Å². The maximum atomic E-state index is 12.1. The summed E-state index contributed by atoms with van der Waals surface area (Å²) in [5, 5.41) is 3.79. The molecule has 0 spiro atoms. The second-order valence-corrected chi connectivity index (χ2v) is 7.98. The Morgan fingerprint density at radius 1 is 1.10 bits per heavy atom. The van der Waals surface area contributed by atoms with Crippen LogP contribution in [0, 0.1) is 6.92 Å². The van der Waals surface area contributed by atoms with Crippen molar-refractivity contribution in [2.75, 3.05) is 11.9 Å². The first-order valence-corrected chi connectivity index (χ1v) is 10.2. The number of pyridine rings is 1. The smallest absolute Gasteiger partial charge is 0.338 e. The molecule has 4 rings (SSSR count). The molecule has 0 fully saturated rings. The molecule has 1 amide bonds. The van der Waals surface area contributed by atoms with Crippen LogP contribution in [0.25, 0.3) is 20.8 Å². The van der Waals surface area contributed by atoms with Gasteiger partial charge in [0.15, 0.2) is 6.61 Å². The number of nitrogens with one attached hydrogen (secondary N) is 1. The fourth-order valence-electron chi connectivity index (χ4n) is 2.79. The minimum atomic E-state index is -0.643. The molecule has 0 radical (unpaired) electrons. The maximum Gasteiger partial charge on any atom is 0.338 e. The molecule has 150 valence electrons. The molecule has 0 saturated heterocycles. The number of hydrogen-bond donors (Lipinski definition) is 1. The van der Waals surface area contributed by atoms with Crippen LogP contribution in [-0.2, 0) is 9.53 Å². The molecule has 8 heteroatoms. The summed E-state index contributed by atoms with van der Waals surface area (Å²) in [7, 11) is 0. The summed E-state index contributed by atoms with van der Waals surface area (Å²) in [6.07, 6.45) is 1.40. The maximum absolute atomic E-state index is 12.1. The van der Waals surface area contributed by atoms with Crippen LogP contribution in [0.4, 0.5) is 5.69 Å². The van der Waals surface area contributed by atoms with E-state index in [1.807, 2.05) is 24.3 Å². The number of ether oxygens (including phenoxy) is 1. The molecular formula is C22H16ClN3O3S. The number of carbonyl (C=O) groups is 2. The Morgan fingerprint density at radius 3 is 2.67 bits per heavy atom. The molecule has 0 unspecified atom stereocenters. The number of nitrogens with zero attached hydrogens (tertiary/aromatic N) is 2. The number of amides is 1. The van der Waals surface area contributed by atoms with Crippen LogP contribution in [0.1, 0.15) is 15.9 Å². The third-order valence-electron chi connectivity index (χ3n) is 4.26. The van der Waals surface area contributed by atoms with Gasteiger partial charge in [0.2, 0.25) is 0 Å². The first-order chi connectivity index (χ1) is 14.5. The average Bonchev–Trinajstić information content (AvgIpc) is 3.15. The third kappa shape index (κ3) is 4.64. The summed E-state index contributed by atoms with van der Waals surface area (Å²) in [6, 6.07) is 16.4. The van der Waals surface area contributed by atoms with Crippen molar-refractivity contribution in [3.63, 3.8) is 0 Å². The Hall–Kier alpha value is -3.29. The minimum Gasteiger partial charge on any atom is -0.452 e. The van der Waals surface area contributed by atoms with E-state index < -0.39 is 18.5 Å². The summed E-state index contributed by atoms with van der Waals surface area (Å²) in [5.41, 5.74) is 3.97. The number of aryl methyl sites for hydroxylation is 1. The third-order valence-corrected chi connectivity index (χ3v) is 5.53. The number of carbonyl (C=O) groups excluding carboxylic acids is 2. The van der Waals surface area contributed by atoms with Crippen LogP contribution in [0.3, 0.4) is 0 Å². The molecule has 2 aromatic heterocycles. The Balaban J connectivity index is 1.36. The van der Waals surface area contributed by atoms with Crippen LogP contribution in [0.15, 0.2) is 60.8 Å². The second-order valence-electron chi connectivity index (χ2n) is 6.56. The van der Waals surface area contributed by atoms with Crippen molar-refractivity contribution in [1.82, 2.24) is 9.97 Å². The topological polar surface area (TPSA) is 81.2 Å². The second kappa shape index (κ2) is 8.61. The van der Waals surface area contributed by atoms with E-state index in [1.54, 1.807) is 23.5 Å². The fourth-order valence-corrected chi connectivity index (χ4v) is 4.04. The zero-order valence-corrected chi connectivity index (χ0v) is 17.5. The molecule has 0 aliphatic carbocycles. The van der Waals surface area contributed by atoms with E-state index in [0.29, 0.717) is 5.69 Å². The van der Waals surface area contributed by atoms with Gasteiger partial charge >= 0.3 is 5.97 Å². The van der Waals surface area contributed by atoms with Crippen LogP contribution >= 0.6 is 22.9 Å². The van der Waals surface area contributed by atoms with Crippen molar-refractivity contribution in [3.05, 3.63) is 77.1 Å². The van der Waals surface area contributed by atoms with E-state index in [9.17, 15) is 9.59 Å². The Bertz CT molecular complexity index is 1240. The van der Waals surface area contributed by atoms with E-state index in [4.69, 9.17) is 16.3 Å². The number of aromatic nitrogens is 2. The molecule has 30 heavy (non-hydrogen) atoms. The Labute approximate surface area is 181 Å². The van der Waals surface area contributed by atoms with Gasteiger partial charge in [-0.3, -0.25) is 4.79 Å². The van der Waals surface area contributed by atoms with Gasteiger partial charge in [0.25, 0.3) is 5.91 Å². The number of benzene rings is 2. The highest BCUT2D eigenvalue weighted by atomic mass is 35.5. The lowest BCUT2D eigenvalue weighted by Gasteiger charge is -2.07. The van der Waals surface area contributed by atoms with Crippen molar-refractivity contribution in [2.45, 2.75) is 6.92 Å². The lowest BCUT2D eigenvalue weighted by Crippen LogP contribution is -2.20. The fraction of sp³-hybridized carbons (Fsp3) is 0.0909. The highest BCUT2D eigenvalue weighted by Gasteiger charge is 2.12. The van der Waals surface area contributed by atoms with Gasteiger partial charge in [-0.05, 0) is 61.0 Å². The van der Waals surface area contributed by atoms with Gasteiger partial charge < -0.3 is 10.1 Å². The molecule has 6 nitrogen and oxygen atoms in total. The van der Waals surface area contributed by atoms with Crippen LogP contribution in [0.5, 0.6) is 0 Å². The summed E-state index contributed by atoms with van der Waals surface area (Å²) in [5.74, 6) is -1.08. The van der Waals surface area contributed by atoms with E-state index in [1.165, 1.54) is 23.9 Å². The van der Waals surface area contributed by atoms with Crippen molar-refractivity contribution in [2.24, 2.45) is 0 Å². The molecule has 2 aromatic carbocycles. The zero-order valence-electron chi connectivity index (χ0n) is 15.9.